The van der Waals surface area contributed by atoms with E-state index in [0.717, 1.165) is 52.3 Å². The van der Waals surface area contributed by atoms with Crippen LogP contribution in [0.15, 0.2) is 0 Å². The molecule has 0 bridgehead atoms. The van der Waals surface area contributed by atoms with Crippen molar-refractivity contribution in [3.05, 3.63) is 0 Å². The molecule has 0 aliphatic carbocycles. The first kappa shape index (κ1) is 16.1. The summed E-state index contributed by atoms with van der Waals surface area (Å²) < 4.78 is 27.2. The Balaban J connectivity index is 1.43. The number of rotatable bonds is 9. The van der Waals surface area contributed by atoms with E-state index in [0.29, 0.717) is 26.4 Å². The predicted molar refractivity (Wildman–Crippen MR) is 73.8 cm³/mol. The van der Waals surface area contributed by atoms with Crippen LogP contribution in [0.2, 0.25) is 0 Å². The van der Waals surface area contributed by atoms with Crippen LogP contribution in [0.1, 0.15) is 12.8 Å². The molecule has 2 aliphatic rings. The van der Waals surface area contributed by atoms with Gasteiger partial charge in [0.15, 0.2) is 5.79 Å². The lowest BCUT2D eigenvalue weighted by atomic mass is 10.0. The Morgan fingerprint density at radius 2 is 1.50 bits per heavy atom. The molecule has 2 saturated heterocycles. The zero-order valence-corrected chi connectivity index (χ0v) is 12.5. The Kier molecular flexibility index (Phi) is 7.19. The largest absolute Gasteiger partial charge is 0.382 e. The summed E-state index contributed by atoms with van der Waals surface area (Å²) in [5.74, 6) is -0.271. The second-order valence-corrected chi connectivity index (χ2v) is 5.17. The van der Waals surface area contributed by atoms with Gasteiger partial charge >= 0.3 is 0 Å². The summed E-state index contributed by atoms with van der Waals surface area (Å²) in [5.41, 5.74) is 0. The van der Waals surface area contributed by atoms with Crippen molar-refractivity contribution in [2.45, 2.75) is 18.6 Å². The van der Waals surface area contributed by atoms with Crippen molar-refractivity contribution < 1.29 is 23.7 Å². The van der Waals surface area contributed by atoms with E-state index < -0.39 is 0 Å². The zero-order valence-electron chi connectivity index (χ0n) is 12.5. The summed E-state index contributed by atoms with van der Waals surface area (Å²) in [4.78, 5) is 2.40. The molecule has 6 heteroatoms. The Morgan fingerprint density at radius 3 is 2.15 bits per heavy atom. The van der Waals surface area contributed by atoms with Crippen molar-refractivity contribution in [3.8, 4) is 0 Å². The fourth-order valence-corrected chi connectivity index (χ4v) is 2.56. The minimum atomic E-state index is -0.271. The first-order valence-corrected chi connectivity index (χ1v) is 7.49. The molecule has 0 atom stereocenters. The molecular weight excluding hydrogens is 262 g/mol. The quantitative estimate of drug-likeness (QED) is 0.576. The monoisotopic (exact) mass is 289 g/mol. The van der Waals surface area contributed by atoms with Crippen LogP contribution in [0, 0.1) is 0 Å². The molecule has 118 valence electrons. The van der Waals surface area contributed by atoms with Gasteiger partial charge in [-0.25, -0.2) is 0 Å². The summed E-state index contributed by atoms with van der Waals surface area (Å²) in [6, 6.07) is 0. The third kappa shape index (κ3) is 5.27. The lowest BCUT2D eigenvalue weighted by Crippen LogP contribution is -2.46. The molecule has 2 fully saturated rings. The van der Waals surface area contributed by atoms with Crippen molar-refractivity contribution in [1.29, 1.82) is 0 Å². The molecule has 2 heterocycles. The lowest BCUT2D eigenvalue weighted by Gasteiger charge is -2.37. The van der Waals surface area contributed by atoms with Crippen molar-refractivity contribution in [2.75, 3.05) is 73.0 Å². The van der Waals surface area contributed by atoms with Crippen molar-refractivity contribution in [3.63, 3.8) is 0 Å². The standard InChI is InChI=1S/C14H27NO5/c1-16-8-9-18-11-10-17-7-6-15-4-2-14(3-5-15)19-12-13-20-14/h2-13H2,1H3. The lowest BCUT2D eigenvalue weighted by molar-refractivity contribution is -0.185. The maximum absolute atomic E-state index is 5.71. The highest BCUT2D eigenvalue weighted by molar-refractivity contribution is 4.82. The van der Waals surface area contributed by atoms with Gasteiger partial charge in [-0.1, -0.05) is 0 Å². The van der Waals surface area contributed by atoms with Gasteiger partial charge in [0.2, 0.25) is 0 Å². The number of nitrogens with zero attached hydrogens (tertiary/aromatic N) is 1. The molecule has 20 heavy (non-hydrogen) atoms. The number of hydrogen-bond acceptors (Lipinski definition) is 6. The predicted octanol–water partition coefficient (Wildman–Crippen LogP) is 0.505. The fourth-order valence-electron chi connectivity index (χ4n) is 2.56. The minimum absolute atomic E-state index is 0.271. The molecule has 0 radical (unpaired) electrons. The molecule has 0 amide bonds. The van der Waals surface area contributed by atoms with Gasteiger partial charge in [0.25, 0.3) is 0 Å². The van der Waals surface area contributed by atoms with E-state index in [9.17, 15) is 0 Å². The van der Waals surface area contributed by atoms with E-state index in [-0.39, 0.29) is 5.79 Å². The van der Waals surface area contributed by atoms with Crippen LogP contribution in [0.25, 0.3) is 0 Å². The molecule has 0 aromatic rings. The maximum atomic E-state index is 5.71. The molecule has 6 nitrogen and oxygen atoms in total. The van der Waals surface area contributed by atoms with E-state index in [2.05, 4.69) is 4.90 Å². The van der Waals surface area contributed by atoms with Gasteiger partial charge in [-0.15, -0.1) is 0 Å². The number of methoxy groups -OCH3 is 1. The molecule has 0 unspecified atom stereocenters. The second kappa shape index (κ2) is 8.92. The van der Waals surface area contributed by atoms with Crippen LogP contribution < -0.4 is 0 Å². The maximum Gasteiger partial charge on any atom is 0.170 e. The highest BCUT2D eigenvalue weighted by Gasteiger charge is 2.39. The number of piperidine rings is 1. The number of ether oxygens (including phenoxy) is 5. The van der Waals surface area contributed by atoms with Crippen LogP contribution in [0.4, 0.5) is 0 Å². The molecule has 2 aliphatic heterocycles. The van der Waals surface area contributed by atoms with Gasteiger partial charge in [-0.2, -0.15) is 0 Å². The van der Waals surface area contributed by atoms with Crippen molar-refractivity contribution >= 4 is 0 Å². The van der Waals surface area contributed by atoms with E-state index in [4.69, 9.17) is 23.7 Å². The topological polar surface area (TPSA) is 49.4 Å². The average molecular weight is 289 g/mol. The van der Waals surface area contributed by atoms with Gasteiger partial charge < -0.3 is 28.6 Å². The van der Waals surface area contributed by atoms with Gasteiger partial charge in [-0.05, 0) is 0 Å². The third-order valence-corrected chi connectivity index (χ3v) is 3.79. The van der Waals surface area contributed by atoms with Gasteiger partial charge in [0.05, 0.1) is 46.2 Å². The van der Waals surface area contributed by atoms with Crippen LogP contribution >= 0.6 is 0 Å². The summed E-state index contributed by atoms with van der Waals surface area (Å²) in [6.07, 6.45) is 1.93. The van der Waals surface area contributed by atoms with E-state index in [1.165, 1.54) is 0 Å². The van der Waals surface area contributed by atoms with Crippen molar-refractivity contribution in [2.24, 2.45) is 0 Å². The zero-order chi connectivity index (χ0) is 14.1. The SMILES string of the molecule is COCCOCCOCCN1CCC2(CC1)OCCO2. The number of likely N-dealkylation sites (tertiary alicyclic amines) is 1. The molecular formula is C14H27NO5. The van der Waals surface area contributed by atoms with Crippen LogP contribution in [-0.2, 0) is 23.7 Å². The highest BCUT2D eigenvalue weighted by Crippen LogP contribution is 2.30. The highest BCUT2D eigenvalue weighted by atomic mass is 16.7. The van der Waals surface area contributed by atoms with E-state index in [1.807, 2.05) is 0 Å². The normalized spacial score (nSPS) is 22.6. The summed E-state index contributed by atoms with van der Waals surface area (Å²) in [5, 5.41) is 0. The van der Waals surface area contributed by atoms with E-state index >= 15 is 0 Å². The Bertz CT molecular complexity index is 248. The van der Waals surface area contributed by atoms with Crippen LogP contribution in [0.5, 0.6) is 0 Å². The van der Waals surface area contributed by atoms with Gasteiger partial charge in [0, 0.05) is 39.6 Å². The number of hydrogen-bond donors (Lipinski definition) is 0. The minimum Gasteiger partial charge on any atom is -0.382 e. The molecule has 0 saturated carbocycles. The van der Waals surface area contributed by atoms with Crippen LogP contribution in [0.3, 0.4) is 0 Å². The third-order valence-electron chi connectivity index (χ3n) is 3.79. The summed E-state index contributed by atoms with van der Waals surface area (Å²) >= 11 is 0. The molecule has 0 aromatic heterocycles. The molecule has 1 spiro atoms. The molecule has 0 N–H and O–H groups in total. The van der Waals surface area contributed by atoms with Crippen molar-refractivity contribution in [1.82, 2.24) is 4.90 Å². The van der Waals surface area contributed by atoms with Gasteiger partial charge in [-0.3, -0.25) is 0 Å². The molecule has 2 rings (SSSR count). The fraction of sp³-hybridized carbons (Fsp3) is 1.00. The molecule has 0 aromatic carbocycles. The Labute approximate surface area is 121 Å². The second-order valence-electron chi connectivity index (χ2n) is 5.17. The first-order chi connectivity index (χ1) is 9.85. The van der Waals surface area contributed by atoms with Gasteiger partial charge in [0.1, 0.15) is 0 Å². The summed E-state index contributed by atoms with van der Waals surface area (Å²) in [6.45, 7) is 7.80. The van der Waals surface area contributed by atoms with Crippen LogP contribution in [-0.4, -0.2) is 83.7 Å². The Hall–Kier alpha value is -0.240. The average Bonchev–Trinajstić information content (AvgIpc) is 2.92. The Morgan fingerprint density at radius 1 is 0.900 bits per heavy atom. The van der Waals surface area contributed by atoms with E-state index in [1.54, 1.807) is 7.11 Å². The first-order valence-electron chi connectivity index (χ1n) is 7.49. The smallest absolute Gasteiger partial charge is 0.170 e. The summed E-state index contributed by atoms with van der Waals surface area (Å²) in [7, 11) is 1.67.